The summed E-state index contributed by atoms with van der Waals surface area (Å²) in [4.78, 5) is 22.5. The topological polar surface area (TPSA) is 78.4 Å². The second-order valence-electron chi connectivity index (χ2n) is 5.54. The first-order chi connectivity index (χ1) is 9.88. The summed E-state index contributed by atoms with van der Waals surface area (Å²) in [6.45, 7) is 5.58. The lowest BCUT2D eigenvalue weighted by Crippen LogP contribution is -2.36. The Balaban J connectivity index is 2.29. The number of rotatable bonds is 7. The van der Waals surface area contributed by atoms with Gasteiger partial charge in [-0.3, -0.25) is 4.79 Å². The molecule has 1 rings (SSSR count). The van der Waals surface area contributed by atoms with Crippen LogP contribution in [0.2, 0.25) is 0 Å². The minimum absolute atomic E-state index is 0.0100. The molecule has 116 valence electrons. The quantitative estimate of drug-likeness (QED) is 0.720. The molecule has 0 fully saturated rings. The summed E-state index contributed by atoms with van der Waals surface area (Å²) in [6, 6.07) is 7.37. The fraction of sp³-hybridized carbons (Fsp3) is 0.500. The van der Waals surface area contributed by atoms with Gasteiger partial charge in [0.2, 0.25) is 0 Å². The molecule has 1 aromatic carbocycles. The van der Waals surface area contributed by atoms with Gasteiger partial charge in [-0.25, -0.2) is 4.79 Å². The van der Waals surface area contributed by atoms with E-state index >= 15 is 0 Å². The molecule has 2 unspecified atom stereocenters. The van der Waals surface area contributed by atoms with Crippen molar-refractivity contribution in [3.8, 4) is 0 Å². The zero-order valence-electron chi connectivity index (χ0n) is 12.8. The minimum Gasteiger partial charge on any atom is -0.481 e. The highest BCUT2D eigenvalue weighted by molar-refractivity contribution is 5.89. The van der Waals surface area contributed by atoms with Gasteiger partial charge in [-0.05, 0) is 44.4 Å². The van der Waals surface area contributed by atoms with Crippen molar-refractivity contribution in [2.45, 2.75) is 46.1 Å². The maximum Gasteiger partial charge on any atom is 0.319 e. The molecular weight excluding hydrogens is 268 g/mol. The highest BCUT2D eigenvalue weighted by Crippen LogP contribution is 2.11. The van der Waals surface area contributed by atoms with E-state index in [-0.39, 0.29) is 18.0 Å². The van der Waals surface area contributed by atoms with Gasteiger partial charge in [0.05, 0.1) is 5.92 Å². The third-order valence-electron chi connectivity index (χ3n) is 3.35. The van der Waals surface area contributed by atoms with Crippen LogP contribution in [0.5, 0.6) is 0 Å². The van der Waals surface area contributed by atoms with Crippen molar-refractivity contribution < 1.29 is 14.7 Å². The van der Waals surface area contributed by atoms with E-state index in [1.165, 1.54) is 0 Å². The molecule has 3 N–H and O–H groups in total. The molecule has 21 heavy (non-hydrogen) atoms. The summed E-state index contributed by atoms with van der Waals surface area (Å²) in [5.74, 6) is -1.11. The number of carbonyl (C=O) groups is 2. The Bertz CT molecular complexity index is 488. The number of carboxylic acid groups (broad SMARTS) is 1. The van der Waals surface area contributed by atoms with Crippen LogP contribution in [0.3, 0.4) is 0 Å². The monoisotopic (exact) mass is 292 g/mol. The van der Waals surface area contributed by atoms with E-state index in [1.807, 2.05) is 38.1 Å². The van der Waals surface area contributed by atoms with Gasteiger partial charge < -0.3 is 15.7 Å². The summed E-state index contributed by atoms with van der Waals surface area (Å²) in [5.41, 5.74) is 1.85. The summed E-state index contributed by atoms with van der Waals surface area (Å²) in [5, 5.41) is 14.4. The first-order valence-electron chi connectivity index (χ1n) is 7.25. The van der Waals surface area contributed by atoms with E-state index in [0.29, 0.717) is 6.42 Å². The lowest BCUT2D eigenvalue weighted by atomic mass is 10.0. The van der Waals surface area contributed by atoms with Crippen LogP contribution in [0.1, 0.15) is 38.7 Å². The second kappa shape index (κ2) is 8.29. The molecule has 0 aromatic heterocycles. The Labute approximate surface area is 125 Å². The Morgan fingerprint density at radius 1 is 1.24 bits per heavy atom. The standard InChI is InChI=1S/C16H24N2O3/c1-11-6-4-9-14(10-11)18-16(21)17-13(3)8-5-7-12(2)15(19)20/h4,6,9-10,12-13H,5,7-8H2,1-3H3,(H,19,20)(H2,17,18,21). The Morgan fingerprint density at radius 2 is 1.95 bits per heavy atom. The van der Waals surface area contributed by atoms with Crippen LogP contribution in [0.15, 0.2) is 24.3 Å². The molecule has 0 radical (unpaired) electrons. The van der Waals surface area contributed by atoms with Crippen LogP contribution >= 0.6 is 0 Å². The summed E-state index contributed by atoms with van der Waals surface area (Å²) >= 11 is 0. The highest BCUT2D eigenvalue weighted by Gasteiger charge is 2.12. The molecular formula is C16H24N2O3. The minimum atomic E-state index is -0.771. The summed E-state index contributed by atoms with van der Waals surface area (Å²) < 4.78 is 0. The van der Waals surface area contributed by atoms with Gasteiger partial charge in [-0.2, -0.15) is 0 Å². The smallest absolute Gasteiger partial charge is 0.319 e. The lowest BCUT2D eigenvalue weighted by Gasteiger charge is -2.15. The van der Waals surface area contributed by atoms with E-state index in [1.54, 1.807) is 6.92 Å². The zero-order valence-corrected chi connectivity index (χ0v) is 12.8. The molecule has 0 aliphatic carbocycles. The first kappa shape index (κ1) is 17.0. The van der Waals surface area contributed by atoms with E-state index in [9.17, 15) is 9.59 Å². The Morgan fingerprint density at radius 3 is 2.57 bits per heavy atom. The van der Waals surface area contributed by atoms with Gasteiger partial charge in [-0.1, -0.05) is 25.5 Å². The van der Waals surface area contributed by atoms with Gasteiger partial charge in [0.15, 0.2) is 0 Å². The number of benzene rings is 1. The van der Waals surface area contributed by atoms with E-state index < -0.39 is 5.97 Å². The van der Waals surface area contributed by atoms with Gasteiger partial charge >= 0.3 is 12.0 Å². The molecule has 5 heteroatoms. The number of anilines is 1. The first-order valence-corrected chi connectivity index (χ1v) is 7.25. The van der Waals surface area contributed by atoms with Crippen molar-refractivity contribution in [1.29, 1.82) is 0 Å². The molecule has 0 saturated carbocycles. The number of hydrogen-bond acceptors (Lipinski definition) is 2. The van der Waals surface area contributed by atoms with E-state index in [2.05, 4.69) is 10.6 Å². The number of aliphatic carboxylic acids is 1. The fourth-order valence-electron chi connectivity index (χ4n) is 2.04. The predicted octanol–water partition coefficient (Wildman–Crippen LogP) is 3.40. The van der Waals surface area contributed by atoms with Crippen molar-refractivity contribution >= 4 is 17.7 Å². The maximum atomic E-state index is 11.8. The maximum absolute atomic E-state index is 11.8. The van der Waals surface area contributed by atoms with E-state index in [4.69, 9.17) is 5.11 Å². The van der Waals surface area contributed by atoms with Gasteiger partial charge in [-0.15, -0.1) is 0 Å². The number of nitrogens with one attached hydrogen (secondary N) is 2. The van der Waals surface area contributed by atoms with Crippen LogP contribution in [-0.2, 0) is 4.79 Å². The van der Waals surface area contributed by atoms with Crippen molar-refractivity contribution in [2.75, 3.05) is 5.32 Å². The average molecular weight is 292 g/mol. The average Bonchev–Trinajstić information content (AvgIpc) is 2.37. The van der Waals surface area contributed by atoms with Crippen LogP contribution in [0.25, 0.3) is 0 Å². The van der Waals surface area contributed by atoms with Gasteiger partial charge in [0.1, 0.15) is 0 Å². The SMILES string of the molecule is Cc1cccc(NC(=O)NC(C)CCCC(C)C(=O)O)c1. The van der Waals surface area contributed by atoms with Crippen LogP contribution in [0, 0.1) is 12.8 Å². The molecule has 0 saturated heterocycles. The number of aryl methyl sites for hydroxylation is 1. The molecule has 0 bridgehead atoms. The third-order valence-corrected chi connectivity index (χ3v) is 3.35. The van der Waals surface area contributed by atoms with Crippen molar-refractivity contribution in [3.05, 3.63) is 29.8 Å². The highest BCUT2D eigenvalue weighted by atomic mass is 16.4. The number of urea groups is 1. The normalized spacial score (nSPS) is 13.3. The molecule has 0 spiro atoms. The second-order valence-corrected chi connectivity index (χ2v) is 5.54. The fourth-order valence-corrected chi connectivity index (χ4v) is 2.04. The van der Waals surface area contributed by atoms with Gasteiger partial charge in [0, 0.05) is 11.7 Å². The lowest BCUT2D eigenvalue weighted by molar-refractivity contribution is -0.141. The third kappa shape index (κ3) is 6.79. The summed E-state index contributed by atoms with van der Waals surface area (Å²) in [7, 11) is 0. The number of carbonyl (C=O) groups excluding carboxylic acids is 1. The van der Waals surface area contributed by atoms with Crippen LogP contribution in [0.4, 0.5) is 10.5 Å². The van der Waals surface area contributed by atoms with Crippen molar-refractivity contribution in [3.63, 3.8) is 0 Å². The summed E-state index contributed by atoms with van der Waals surface area (Å²) in [6.07, 6.45) is 2.17. The molecule has 5 nitrogen and oxygen atoms in total. The largest absolute Gasteiger partial charge is 0.481 e. The Hall–Kier alpha value is -2.04. The molecule has 2 atom stereocenters. The Kier molecular flexibility index (Phi) is 6.72. The zero-order chi connectivity index (χ0) is 15.8. The number of amides is 2. The molecule has 1 aromatic rings. The van der Waals surface area contributed by atoms with Crippen molar-refractivity contribution in [2.24, 2.45) is 5.92 Å². The van der Waals surface area contributed by atoms with Gasteiger partial charge in [0.25, 0.3) is 0 Å². The molecule has 0 aliphatic heterocycles. The van der Waals surface area contributed by atoms with Crippen molar-refractivity contribution in [1.82, 2.24) is 5.32 Å². The number of hydrogen-bond donors (Lipinski definition) is 3. The molecule has 0 heterocycles. The predicted molar refractivity (Wildman–Crippen MR) is 83.4 cm³/mol. The number of carboxylic acids is 1. The molecule has 2 amide bonds. The van der Waals surface area contributed by atoms with E-state index in [0.717, 1.165) is 24.1 Å². The van der Waals surface area contributed by atoms with Crippen LogP contribution < -0.4 is 10.6 Å². The van der Waals surface area contributed by atoms with Crippen LogP contribution in [-0.4, -0.2) is 23.1 Å². The molecule has 0 aliphatic rings.